The van der Waals surface area contributed by atoms with Gasteiger partial charge in [-0.2, -0.15) is 0 Å². The first-order chi connectivity index (χ1) is 7.22. The van der Waals surface area contributed by atoms with Crippen LogP contribution in [-0.4, -0.2) is 31.2 Å². The Bertz CT molecular complexity index is 206. The number of hydrogen-bond acceptors (Lipinski definition) is 3. The van der Waals surface area contributed by atoms with E-state index in [0.717, 1.165) is 32.1 Å². The molecule has 1 rings (SSSR count). The maximum absolute atomic E-state index is 11.5. The Balaban J connectivity index is 0.00000225. The molecule has 3 N–H and O–H groups in total. The van der Waals surface area contributed by atoms with Crippen LogP contribution < -0.4 is 11.1 Å². The van der Waals surface area contributed by atoms with Crippen molar-refractivity contribution >= 4 is 18.3 Å². The van der Waals surface area contributed by atoms with E-state index in [1.165, 1.54) is 0 Å². The number of carbonyl (C=O) groups is 1. The largest absolute Gasteiger partial charge is 0.372 e. The third-order valence-electron chi connectivity index (χ3n) is 2.94. The number of carbonyl (C=O) groups excluding carboxylic acids is 1. The van der Waals surface area contributed by atoms with E-state index in [2.05, 4.69) is 5.32 Å². The predicted molar refractivity (Wildman–Crippen MR) is 66.8 cm³/mol. The molecule has 0 atom stereocenters. The summed E-state index contributed by atoms with van der Waals surface area (Å²) in [7, 11) is 0. The zero-order valence-corrected chi connectivity index (χ0v) is 10.8. The number of rotatable bonds is 6. The third-order valence-corrected chi connectivity index (χ3v) is 2.94. The molecule has 16 heavy (non-hydrogen) atoms. The summed E-state index contributed by atoms with van der Waals surface area (Å²) in [6.07, 6.45) is 5.27. The molecule has 0 aromatic heterocycles. The summed E-state index contributed by atoms with van der Waals surface area (Å²) in [6.45, 7) is 3.36. The fourth-order valence-corrected chi connectivity index (χ4v) is 2.07. The lowest BCUT2D eigenvalue weighted by atomic mass is 9.98. The average molecular weight is 251 g/mol. The van der Waals surface area contributed by atoms with Crippen LogP contribution in [-0.2, 0) is 9.53 Å². The first kappa shape index (κ1) is 15.7. The highest BCUT2D eigenvalue weighted by atomic mass is 35.5. The average Bonchev–Trinajstić information content (AvgIpc) is 2.67. The van der Waals surface area contributed by atoms with Gasteiger partial charge in [-0.25, -0.2) is 0 Å². The van der Waals surface area contributed by atoms with Gasteiger partial charge in [0.15, 0.2) is 0 Å². The van der Waals surface area contributed by atoms with Crippen molar-refractivity contribution in [1.29, 1.82) is 0 Å². The number of amides is 1. The Kier molecular flexibility index (Phi) is 7.72. The second-order valence-corrected chi connectivity index (χ2v) is 4.29. The maximum Gasteiger partial charge on any atom is 0.246 e. The van der Waals surface area contributed by atoms with Crippen LogP contribution >= 0.6 is 12.4 Å². The molecule has 0 aromatic carbocycles. The van der Waals surface area contributed by atoms with Crippen LogP contribution in [0, 0.1) is 0 Å². The summed E-state index contributed by atoms with van der Waals surface area (Å²) in [5, 5.41) is 3.01. The first-order valence-corrected chi connectivity index (χ1v) is 5.81. The molecule has 0 bridgehead atoms. The second-order valence-electron chi connectivity index (χ2n) is 4.29. The van der Waals surface area contributed by atoms with Crippen LogP contribution in [0.5, 0.6) is 0 Å². The van der Waals surface area contributed by atoms with Gasteiger partial charge >= 0.3 is 0 Å². The molecule has 0 saturated heterocycles. The third kappa shape index (κ3) is 4.68. The van der Waals surface area contributed by atoms with Gasteiger partial charge in [-0.3, -0.25) is 4.79 Å². The Labute approximate surface area is 104 Å². The molecule has 1 aliphatic carbocycles. The zero-order valence-electron chi connectivity index (χ0n) is 9.96. The van der Waals surface area contributed by atoms with E-state index in [0.29, 0.717) is 13.2 Å². The highest BCUT2D eigenvalue weighted by Crippen LogP contribution is 2.28. The van der Waals surface area contributed by atoms with Gasteiger partial charge < -0.3 is 15.8 Å². The smallest absolute Gasteiger partial charge is 0.246 e. The fourth-order valence-electron chi connectivity index (χ4n) is 2.07. The van der Waals surface area contributed by atoms with E-state index in [-0.39, 0.29) is 30.5 Å². The zero-order chi connectivity index (χ0) is 11.1. The van der Waals surface area contributed by atoms with E-state index >= 15 is 0 Å². The summed E-state index contributed by atoms with van der Waals surface area (Å²) >= 11 is 0. The lowest BCUT2D eigenvalue weighted by Gasteiger charge is -2.28. The minimum Gasteiger partial charge on any atom is -0.372 e. The molecule has 1 fully saturated rings. The Hall–Kier alpha value is -0.320. The van der Waals surface area contributed by atoms with Crippen molar-refractivity contribution in [3.8, 4) is 0 Å². The van der Waals surface area contributed by atoms with Gasteiger partial charge in [0.2, 0.25) is 5.91 Å². The van der Waals surface area contributed by atoms with Crippen molar-refractivity contribution in [2.24, 2.45) is 5.73 Å². The van der Waals surface area contributed by atoms with Gasteiger partial charge in [-0.15, -0.1) is 12.4 Å². The number of nitrogens with one attached hydrogen (secondary N) is 1. The molecule has 0 aromatic rings. The summed E-state index contributed by atoms with van der Waals surface area (Å²) in [6, 6.07) is 0. The molecule has 0 aliphatic heterocycles. The van der Waals surface area contributed by atoms with Crippen LogP contribution in [0.2, 0.25) is 0 Å². The molecule has 0 heterocycles. The van der Waals surface area contributed by atoms with Crippen LogP contribution in [0.4, 0.5) is 0 Å². The number of nitrogens with two attached hydrogens (primary N) is 1. The number of halogens is 1. The van der Waals surface area contributed by atoms with Gasteiger partial charge in [-0.05, 0) is 19.3 Å². The minimum absolute atomic E-state index is 0. The molecule has 0 radical (unpaired) electrons. The second kappa shape index (κ2) is 7.87. The Morgan fingerprint density at radius 3 is 2.56 bits per heavy atom. The molecule has 0 unspecified atom stereocenters. The molecule has 1 amide bonds. The van der Waals surface area contributed by atoms with Crippen molar-refractivity contribution in [1.82, 2.24) is 5.32 Å². The van der Waals surface area contributed by atoms with Gasteiger partial charge in [0.25, 0.3) is 0 Å². The molecule has 1 saturated carbocycles. The monoisotopic (exact) mass is 250 g/mol. The Morgan fingerprint density at radius 2 is 2.06 bits per heavy atom. The van der Waals surface area contributed by atoms with E-state index in [1.807, 2.05) is 6.92 Å². The normalized spacial score (nSPS) is 17.9. The van der Waals surface area contributed by atoms with Gasteiger partial charge in [0.1, 0.15) is 6.61 Å². The summed E-state index contributed by atoms with van der Waals surface area (Å²) < 4.78 is 5.19. The lowest BCUT2D eigenvalue weighted by Crippen LogP contribution is -2.52. The predicted octanol–water partition coefficient (Wildman–Crippen LogP) is 1.22. The molecular weight excluding hydrogens is 228 g/mol. The van der Waals surface area contributed by atoms with Gasteiger partial charge in [0.05, 0.1) is 5.54 Å². The fraction of sp³-hybridized carbons (Fsp3) is 0.909. The number of ether oxygens (including phenoxy) is 1. The van der Waals surface area contributed by atoms with Gasteiger partial charge in [-0.1, -0.05) is 19.8 Å². The topological polar surface area (TPSA) is 64.3 Å². The van der Waals surface area contributed by atoms with Crippen LogP contribution in [0.25, 0.3) is 0 Å². The van der Waals surface area contributed by atoms with Gasteiger partial charge in [0, 0.05) is 13.2 Å². The standard InChI is InChI=1S/C11H22N2O2.ClH/c1-2-7-15-8-10(14)13-11(9-12)5-3-4-6-11;/h2-9,12H2,1H3,(H,13,14);1H. The van der Waals surface area contributed by atoms with Crippen molar-refractivity contribution in [2.45, 2.75) is 44.6 Å². The van der Waals surface area contributed by atoms with E-state index < -0.39 is 0 Å². The quantitative estimate of drug-likeness (QED) is 0.697. The molecule has 4 nitrogen and oxygen atoms in total. The molecule has 0 spiro atoms. The van der Waals surface area contributed by atoms with Crippen LogP contribution in [0.1, 0.15) is 39.0 Å². The molecule has 5 heteroatoms. The van der Waals surface area contributed by atoms with E-state index in [9.17, 15) is 4.79 Å². The maximum atomic E-state index is 11.5. The summed E-state index contributed by atoms with van der Waals surface area (Å²) in [4.78, 5) is 11.5. The summed E-state index contributed by atoms with van der Waals surface area (Å²) in [5.74, 6) is -0.0317. The Morgan fingerprint density at radius 1 is 1.44 bits per heavy atom. The van der Waals surface area contributed by atoms with Crippen LogP contribution in [0.15, 0.2) is 0 Å². The molecule has 96 valence electrons. The van der Waals surface area contributed by atoms with Crippen molar-refractivity contribution < 1.29 is 9.53 Å². The van der Waals surface area contributed by atoms with E-state index in [1.54, 1.807) is 0 Å². The van der Waals surface area contributed by atoms with Crippen molar-refractivity contribution in [3.05, 3.63) is 0 Å². The SMILES string of the molecule is CCCOCC(=O)NC1(CN)CCCC1.Cl. The molecular formula is C11H23ClN2O2. The van der Waals surface area contributed by atoms with E-state index in [4.69, 9.17) is 10.5 Å². The molecule has 1 aliphatic rings. The lowest BCUT2D eigenvalue weighted by molar-refractivity contribution is -0.127. The van der Waals surface area contributed by atoms with Crippen LogP contribution in [0.3, 0.4) is 0 Å². The highest BCUT2D eigenvalue weighted by Gasteiger charge is 2.33. The minimum atomic E-state index is -0.146. The van der Waals surface area contributed by atoms with Crippen molar-refractivity contribution in [3.63, 3.8) is 0 Å². The summed E-state index contributed by atoms with van der Waals surface area (Å²) in [5.41, 5.74) is 5.57. The highest BCUT2D eigenvalue weighted by molar-refractivity contribution is 5.85. The first-order valence-electron chi connectivity index (χ1n) is 5.81. The van der Waals surface area contributed by atoms with Crippen molar-refractivity contribution in [2.75, 3.05) is 19.8 Å². The number of hydrogen-bond donors (Lipinski definition) is 2.